The molecule has 0 radical (unpaired) electrons. The van der Waals surface area contributed by atoms with E-state index in [-0.39, 0.29) is 5.97 Å². The van der Waals surface area contributed by atoms with Crippen molar-refractivity contribution in [2.75, 3.05) is 7.11 Å². The molecule has 5 heteroatoms. The highest BCUT2D eigenvalue weighted by molar-refractivity contribution is 5.91. The maximum Gasteiger partial charge on any atom is 0.339 e. The summed E-state index contributed by atoms with van der Waals surface area (Å²) in [4.78, 5) is 11.6. The minimum absolute atomic E-state index is 0.291. The molecular formula is C13H17N3O2. The third kappa shape index (κ3) is 2.16. The van der Waals surface area contributed by atoms with Crippen LogP contribution in [0.25, 0.3) is 0 Å². The Balaban J connectivity index is 2.34. The first-order valence-corrected chi connectivity index (χ1v) is 5.75. The van der Waals surface area contributed by atoms with Crippen molar-refractivity contribution in [3.8, 4) is 0 Å². The molecular weight excluding hydrogens is 230 g/mol. The molecule has 0 bridgehead atoms. The van der Waals surface area contributed by atoms with Gasteiger partial charge in [-0.2, -0.15) is 5.10 Å². The van der Waals surface area contributed by atoms with Gasteiger partial charge in [0.2, 0.25) is 0 Å². The van der Waals surface area contributed by atoms with Crippen LogP contribution in [0.5, 0.6) is 0 Å². The van der Waals surface area contributed by atoms with E-state index in [1.807, 2.05) is 39.4 Å². The molecule has 0 unspecified atom stereocenters. The summed E-state index contributed by atoms with van der Waals surface area (Å²) in [6.45, 7) is 4.62. The SMILES string of the molecule is COC(=O)c1cc(C)n(Cc2cnn(C)c2)c1C. The molecule has 0 atom stereocenters. The second kappa shape index (κ2) is 4.68. The number of hydrogen-bond donors (Lipinski definition) is 0. The third-order valence-corrected chi connectivity index (χ3v) is 3.08. The van der Waals surface area contributed by atoms with E-state index in [0.717, 1.165) is 17.0 Å². The number of aromatic nitrogens is 3. The Morgan fingerprint density at radius 1 is 1.44 bits per heavy atom. The van der Waals surface area contributed by atoms with E-state index in [1.165, 1.54) is 7.11 Å². The first-order chi connectivity index (χ1) is 8.52. The summed E-state index contributed by atoms with van der Waals surface area (Å²) in [5.41, 5.74) is 3.69. The fourth-order valence-electron chi connectivity index (χ4n) is 2.10. The molecule has 5 nitrogen and oxygen atoms in total. The molecule has 0 aliphatic rings. The summed E-state index contributed by atoms with van der Waals surface area (Å²) < 4.78 is 8.63. The second-order valence-corrected chi connectivity index (χ2v) is 4.38. The van der Waals surface area contributed by atoms with Crippen LogP contribution in [-0.2, 0) is 18.3 Å². The molecule has 0 amide bonds. The van der Waals surface area contributed by atoms with Gasteiger partial charge in [0.05, 0.1) is 25.4 Å². The van der Waals surface area contributed by atoms with Gasteiger partial charge in [-0.05, 0) is 19.9 Å². The molecule has 2 aromatic heterocycles. The summed E-state index contributed by atoms with van der Waals surface area (Å²) in [6.07, 6.45) is 3.80. The van der Waals surface area contributed by atoms with Gasteiger partial charge in [0, 0.05) is 30.2 Å². The zero-order valence-corrected chi connectivity index (χ0v) is 11.1. The van der Waals surface area contributed by atoms with Crippen LogP contribution < -0.4 is 0 Å². The first-order valence-electron chi connectivity index (χ1n) is 5.75. The van der Waals surface area contributed by atoms with Crippen LogP contribution >= 0.6 is 0 Å². The monoisotopic (exact) mass is 247 g/mol. The minimum Gasteiger partial charge on any atom is -0.465 e. The number of rotatable bonds is 3. The lowest BCUT2D eigenvalue weighted by Crippen LogP contribution is -2.06. The molecule has 0 saturated heterocycles. The Morgan fingerprint density at radius 2 is 2.17 bits per heavy atom. The van der Waals surface area contributed by atoms with E-state index >= 15 is 0 Å². The van der Waals surface area contributed by atoms with Crippen molar-refractivity contribution in [2.24, 2.45) is 7.05 Å². The van der Waals surface area contributed by atoms with Crippen LogP contribution in [0.3, 0.4) is 0 Å². The summed E-state index contributed by atoms with van der Waals surface area (Å²) in [6, 6.07) is 1.86. The van der Waals surface area contributed by atoms with E-state index in [9.17, 15) is 4.79 Å². The number of ether oxygens (including phenoxy) is 1. The predicted octanol–water partition coefficient (Wildman–Crippen LogP) is 1.67. The predicted molar refractivity (Wildman–Crippen MR) is 67.6 cm³/mol. The van der Waals surface area contributed by atoms with Crippen LogP contribution in [0.15, 0.2) is 18.5 Å². The maximum atomic E-state index is 11.6. The van der Waals surface area contributed by atoms with Crippen LogP contribution in [0.1, 0.15) is 27.3 Å². The molecule has 0 N–H and O–H groups in total. The van der Waals surface area contributed by atoms with Gasteiger partial charge in [-0.15, -0.1) is 0 Å². The number of carbonyl (C=O) groups is 1. The van der Waals surface area contributed by atoms with E-state index < -0.39 is 0 Å². The number of hydrogen-bond acceptors (Lipinski definition) is 3. The lowest BCUT2D eigenvalue weighted by Gasteiger charge is -2.07. The van der Waals surface area contributed by atoms with Crippen molar-refractivity contribution in [3.63, 3.8) is 0 Å². The Kier molecular flexibility index (Phi) is 3.23. The summed E-state index contributed by atoms with van der Waals surface area (Å²) >= 11 is 0. The normalized spacial score (nSPS) is 10.7. The van der Waals surface area contributed by atoms with Crippen molar-refractivity contribution in [1.82, 2.24) is 14.3 Å². The molecule has 0 saturated carbocycles. The minimum atomic E-state index is -0.291. The number of esters is 1. The van der Waals surface area contributed by atoms with Gasteiger partial charge in [0.25, 0.3) is 0 Å². The average molecular weight is 247 g/mol. The molecule has 0 spiro atoms. The van der Waals surface area contributed by atoms with Crippen molar-refractivity contribution in [1.29, 1.82) is 0 Å². The van der Waals surface area contributed by atoms with Crippen LogP contribution in [0.2, 0.25) is 0 Å². The summed E-state index contributed by atoms with van der Waals surface area (Å²) in [5.74, 6) is -0.291. The van der Waals surface area contributed by atoms with E-state index in [0.29, 0.717) is 12.1 Å². The molecule has 96 valence electrons. The molecule has 2 aromatic rings. The Morgan fingerprint density at radius 3 is 2.72 bits per heavy atom. The molecule has 0 aliphatic carbocycles. The number of aryl methyl sites for hydroxylation is 2. The number of carbonyl (C=O) groups excluding carboxylic acids is 1. The smallest absolute Gasteiger partial charge is 0.339 e. The van der Waals surface area contributed by atoms with Gasteiger partial charge in [0.15, 0.2) is 0 Å². The highest BCUT2D eigenvalue weighted by Crippen LogP contribution is 2.17. The maximum absolute atomic E-state index is 11.6. The summed E-state index contributed by atoms with van der Waals surface area (Å²) in [7, 11) is 3.29. The fourth-order valence-corrected chi connectivity index (χ4v) is 2.10. The molecule has 18 heavy (non-hydrogen) atoms. The summed E-state index contributed by atoms with van der Waals surface area (Å²) in [5, 5.41) is 4.14. The van der Waals surface area contributed by atoms with Crippen molar-refractivity contribution < 1.29 is 9.53 Å². The lowest BCUT2D eigenvalue weighted by molar-refractivity contribution is 0.0600. The van der Waals surface area contributed by atoms with E-state index in [4.69, 9.17) is 4.74 Å². The Hall–Kier alpha value is -2.04. The second-order valence-electron chi connectivity index (χ2n) is 4.38. The van der Waals surface area contributed by atoms with Crippen molar-refractivity contribution >= 4 is 5.97 Å². The van der Waals surface area contributed by atoms with E-state index in [1.54, 1.807) is 4.68 Å². The molecule has 0 aliphatic heterocycles. The largest absolute Gasteiger partial charge is 0.465 e. The van der Waals surface area contributed by atoms with Gasteiger partial charge in [-0.3, -0.25) is 4.68 Å². The Bertz CT molecular complexity index is 581. The highest BCUT2D eigenvalue weighted by Gasteiger charge is 2.16. The molecule has 2 rings (SSSR count). The van der Waals surface area contributed by atoms with Gasteiger partial charge in [-0.1, -0.05) is 0 Å². The highest BCUT2D eigenvalue weighted by atomic mass is 16.5. The first kappa shape index (κ1) is 12.4. The zero-order valence-electron chi connectivity index (χ0n) is 11.1. The van der Waals surface area contributed by atoms with Crippen LogP contribution in [0, 0.1) is 13.8 Å². The van der Waals surface area contributed by atoms with Gasteiger partial charge < -0.3 is 9.30 Å². The fraction of sp³-hybridized carbons (Fsp3) is 0.385. The molecule has 2 heterocycles. The standard InChI is InChI=1S/C13H17N3O2/c1-9-5-12(13(17)18-4)10(2)16(9)8-11-6-14-15(3)7-11/h5-7H,8H2,1-4H3. The van der Waals surface area contributed by atoms with E-state index in [2.05, 4.69) is 9.67 Å². The molecule has 0 aromatic carbocycles. The lowest BCUT2D eigenvalue weighted by atomic mass is 10.2. The third-order valence-electron chi connectivity index (χ3n) is 3.08. The Labute approximate surface area is 106 Å². The molecule has 0 fully saturated rings. The average Bonchev–Trinajstić information content (AvgIpc) is 2.87. The number of methoxy groups -OCH3 is 1. The number of nitrogens with zero attached hydrogens (tertiary/aromatic N) is 3. The van der Waals surface area contributed by atoms with Gasteiger partial charge in [-0.25, -0.2) is 4.79 Å². The zero-order chi connectivity index (χ0) is 13.3. The van der Waals surface area contributed by atoms with Crippen LogP contribution in [-0.4, -0.2) is 27.4 Å². The quantitative estimate of drug-likeness (QED) is 0.775. The van der Waals surface area contributed by atoms with Gasteiger partial charge in [0.1, 0.15) is 0 Å². The van der Waals surface area contributed by atoms with Crippen molar-refractivity contribution in [3.05, 3.63) is 41.0 Å². The van der Waals surface area contributed by atoms with Gasteiger partial charge >= 0.3 is 5.97 Å². The van der Waals surface area contributed by atoms with Crippen molar-refractivity contribution in [2.45, 2.75) is 20.4 Å². The topological polar surface area (TPSA) is 49.1 Å². The van der Waals surface area contributed by atoms with Crippen LogP contribution in [0.4, 0.5) is 0 Å².